The molecule has 0 spiro atoms. The number of rotatable bonds is 1. The number of carboxylic acid groups (broad SMARTS) is 1. The van der Waals surface area contributed by atoms with Crippen molar-refractivity contribution in [2.75, 3.05) is 0 Å². The standard InChI is InChI=1S/C10H11NO4/c12-8-2-5-1-7(10(14)15)11-4-6(5)3-9(8)13/h2-3,7,11-13H,1,4H2,(H,14,15). The Bertz CT molecular complexity index is 416. The van der Waals surface area contributed by atoms with Crippen LogP contribution in [0, 0.1) is 0 Å². The lowest BCUT2D eigenvalue weighted by molar-refractivity contribution is -0.139. The summed E-state index contributed by atoms with van der Waals surface area (Å²) in [5.74, 6) is -1.29. The molecule has 0 aromatic heterocycles. The van der Waals surface area contributed by atoms with Gasteiger partial charge in [0.05, 0.1) is 0 Å². The van der Waals surface area contributed by atoms with Gasteiger partial charge in [0.1, 0.15) is 6.04 Å². The number of phenolic OH excluding ortho intramolecular Hbond substituents is 2. The third kappa shape index (κ3) is 1.73. The molecular weight excluding hydrogens is 198 g/mol. The van der Waals surface area contributed by atoms with Crippen LogP contribution in [0.25, 0.3) is 0 Å². The van der Waals surface area contributed by atoms with Gasteiger partial charge in [0.25, 0.3) is 0 Å². The molecule has 0 radical (unpaired) electrons. The quantitative estimate of drug-likeness (QED) is 0.496. The molecule has 1 aromatic rings. The molecule has 1 heterocycles. The largest absolute Gasteiger partial charge is 0.504 e. The second kappa shape index (κ2) is 3.43. The third-order valence-corrected chi connectivity index (χ3v) is 2.56. The first kappa shape index (κ1) is 9.79. The van der Waals surface area contributed by atoms with Gasteiger partial charge in [-0.1, -0.05) is 0 Å². The van der Waals surface area contributed by atoms with Gasteiger partial charge in [0, 0.05) is 6.54 Å². The SMILES string of the molecule is O=C(O)C1Cc2cc(O)c(O)cc2CN1. The highest BCUT2D eigenvalue weighted by molar-refractivity contribution is 5.74. The van der Waals surface area contributed by atoms with E-state index in [0.29, 0.717) is 13.0 Å². The Morgan fingerprint density at radius 1 is 1.27 bits per heavy atom. The van der Waals surface area contributed by atoms with Crippen LogP contribution in [0.4, 0.5) is 0 Å². The number of aromatic hydroxyl groups is 2. The number of benzene rings is 1. The Labute approximate surface area is 86.0 Å². The van der Waals surface area contributed by atoms with Gasteiger partial charge in [-0.15, -0.1) is 0 Å². The van der Waals surface area contributed by atoms with E-state index >= 15 is 0 Å². The van der Waals surface area contributed by atoms with Crippen LogP contribution in [0.3, 0.4) is 0 Å². The van der Waals surface area contributed by atoms with Gasteiger partial charge < -0.3 is 20.6 Å². The van der Waals surface area contributed by atoms with E-state index in [4.69, 9.17) is 5.11 Å². The highest BCUT2D eigenvalue weighted by atomic mass is 16.4. The average Bonchev–Trinajstić information content (AvgIpc) is 2.19. The van der Waals surface area contributed by atoms with Gasteiger partial charge in [-0.3, -0.25) is 4.79 Å². The lowest BCUT2D eigenvalue weighted by atomic mass is 9.95. The maximum Gasteiger partial charge on any atom is 0.321 e. The van der Waals surface area contributed by atoms with E-state index in [1.807, 2.05) is 0 Å². The average molecular weight is 209 g/mol. The van der Waals surface area contributed by atoms with Gasteiger partial charge in [-0.05, 0) is 29.7 Å². The summed E-state index contributed by atoms with van der Waals surface area (Å²) in [6, 6.07) is 2.25. The normalized spacial score (nSPS) is 19.6. The fourth-order valence-corrected chi connectivity index (χ4v) is 1.72. The number of hydrogen-bond acceptors (Lipinski definition) is 4. The van der Waals surface area contributed by atoms with Crippen LogP contribution < -0.4 is 5.32 Å². The van der Waals surface area contributed by atoms with Crippen molar-refractivity contribution in [3.05, 3.63) is 23.3 Å². The van der Waals surface area contributed by atoms with Crippen LogP contribution in [0.15, 0.2) is 12.1 Å². The molecule has 0 saturated heterocycles. The highest BCUT2D eigenvalue weighted by Crippen LogP contribution is 2.30. The van der Waals surface area contributed by atoms with Crippen molar-refractivity contribution < 1.29 is 20.1 Å². The van der Waals surface area contributed by atoms with E-state index in [0.717, 1.165) is 11.1 Å². The molecule has 2 rings (SSSR count). The zero-order valence-electron chi connectivity index (χ0n) is 7.90. The maximum absolute atomic E-state index is 10.7. The summed E-state index contributed by atoms with van der Waals surface area (Å²) in [7, 11) is 0. The Kier molecular flexibility index (Phi) is 2.24. The zero-order chi connectivity index (χ0) is 11.0. The molecule has 5 heteroatoms. The predicted octanol–water partition coefficient (Wildman–Crippen LogP) is 0.197. The topological polar surface area (TPSA) is 89.8 Å². The molecule has 1 atom stereocenters. The molecule has 1 aliphatic heterocycles. The molecule has 80 valence electrons. The molecule has 0 amide bonds. The van der Waals surface area contributed by atoms with Crippen LogP contribution >= 0.6 is 0 Å². The molecule has 4 N–H and O–H groups in total. The van der Waals surface area contributed by atoms with E-state index in [9.17, 15) is 15.0 Å². The third-order valence-electron chi connectivity index (χ3n) is 2.56. The fraction of sp³-hybridized carbons (Fsp3) is 0.300. The molecular formula is C10H11NO4. The number of carboxylic acids is 1. The minimum atomic E-state index is -0.909. The van der Waals surface area contributed by atoms with Crippen molar-refractivity contribution in [3.8, 4) is 11.5 Å². The van der Waals surface area contributed by atoms with Crippen molar-refractivity contribution in [3.63, 3.8) is 0 Å². The summed E-state index contributed by atoms with van der Waals surface area (Å²) < 4.78 is 0. The molecule has 0 fully saturated rings. The Morgan fingerprint density at radius 3 is 2.47 bits per heavy atom. The van der Waals surface area contributed by atoms with Crippen molar-refractivity contribution in [2.24, 2.45) is 0 Å². The van der Waals surface area contributed by atoms with Gasteiger partial charge in [-0.25, -0.2) is 0 Å². The number of phenols is 2. The molecule has 15 heavy (non-hydrogen) atoms. The van der Waals surface area contributed by atoms with Gasteiger partial charge in [0.2, 0.25) is 0 Å². The van der Waals surface area contributed by atoms with E-state index < -0.39 is 12.0 Å². The minimum Gasteiger partial charge on any atom is -0.504 e. The van der Waals surface area contributed by atoms with Crippen LogP contribution in [0.1, 0.15) is 11.1 Å². The number of fused-ring (bicyclic) bond motifs is 1. The first-order chi connectivity index (χ1) is 7.08. The lowest BCUT2D eigenvalue weighted by Crippen LogP contribution is -2.41. The van der Waals surface area contributed by atoms with E-state index in [2.05, 4.69) is 5.32 Å². The molecule has 1 aliphatic rings. The van der Waals surface area contributed by atoms with Crippen LogP contribution in [-0.4, -0.2) is 27.3 Å². The summed E-state index contributed by atoms with van der Waals surface area (Å²) in [6.45, 7) is 0.389. The monoisotopic (exact) mass is 209 g/mol. The first-order valence-corrected chi connectivity index (χ1v) is 4.58. The smallest absolute Gasteiger partial charge is 0.321 e. The Hall–Kier alpha value is -1.75. The number of hydrogen-bond donors (Lipinski definition) is 4. The van der Waals surface area contributed by atoms with Crippen molar-refractivity contribution in [2.45, 2.75) is 19.0 Å². The summed E-state index contributed by atoms with van der Waals surface area (Å²) in [4.78, 5) is 10.7. The van der Waals surface area contributed by atoms with Crippen LogP contribution in [-0.2, 0) is 17.8 Å². The van der Waals surface area contributed by atoms with Gasteiger partial charge >= 0.3 is 5.97 Å². The van der Waals surface area contributed by atoms with E-state index in [-0.39, 0.29) is 11.5 Å². The summed E-state index contributed by atoms with van der Waals surface area (Å²) in [5.41, 5.74) is 1.58. The maximum atomic E-state index is 10.7. The van der Waals surface area contributed by atoms with Crippen LogP contribution in [0.2, 0.25) is 0 Å². The highest BCUT2D eigenvalue weighted by Gasteiger charge is 2.24. The van der Waals surface area contributed by atoms with Gasteiger partial charge in [-0.2, -0.15) is 0 Å². The van der Waals surface area contributed by atoms with Crippen molar-refractivity contribution >= 4 is 5.97 Å². The lowest BCUT2D eigenvalue weighted by Gasteiger charge is -2.23. The molecule has 0 bridgehead atoms. The number of aliphatic carboxylic acids is 1. The van der Waals surface area contributed by atoms with E-state index in [1.54, 1.807) is 0 Å². The molecule has 0 aliphatic carbocycles. The summed E-state index contributed by atoms with van der Waals surface area (Å²) >= 11 is 0. The second-order valence-electron chi connectivity index (χ2n) is 3.59. The van der Waals surface area contributed by atoms with E-state index in [1.165, 1.54) is 12.1 Å². The van der Waals surface area contributed by atoms with Crippen molar-refractivity contribution in [1.29, 1.82) is 0 Å². The summed E-state index contributed by atoms with van der Waals surface area (Å²) in [5, 5.41) is 30.2. The van der Waals surface area contributed by atoms with Gasteiger partial charge in [0.15, 0.2) is 11.5 Å². The minimum absolute atomic E-state index is 0.177. The first-order valence-electron chi connectivity index (χ1n) is 4.58. The second-order valence-corrected chi connectivity index (χ2v) is 3.59. The van der Waals surface area contributed by atoms with Crippen LogP contribution in [0.5, 0.6) is 11.5 Å². The predicted molar refractivity (Wildman–Crippen MR) is 51.7 cm³/mol. The fourth-order valence-electron chi connectivity index (χ4n) is 1.72. The number of nitrogens with one attached hydrogen (secondary N) is 1. The molecule has 5 nitrogen and oxygen atoms in total. The number of carbonyl (C=O) groups is 1. The molecule has 1 aromatic carbocycles. The molecule has 1 unspecified atom stereocenters. The Morgan fingerprint density at radius 2 is 1.87 bits per heavy atom. The molecule has 0 saturated carbocycles. The Balaban J connectivity index is 2.34. The van der Waals surface area contributed by atoms with Crippen molar-refractivity contribution in [1.82, 2.24) is 5.32 Å². The summed E-state index contributed by atoms with van der Waals surface area (Å²) in [6.07, 6.45) is 0.318. The zero-order valence-corrected chi connectivity index (χ0v) is 7.90.